The van der Waals surface area contributed by atoms with Crippen molar-refractivity contribution in [1.82, 2.24) is 4.72 Å². The van der Waals surface area contributed by atoms with Crippen LogP contribution in [-0.4, -0.2) is 27.0 Å². The van der Waals surface area contributed by atoms with Gasteiger partial charge in [0, 0.05) is 11.2 Å². The average Bonchev–Trinajstić information content (AvgIpc) is 2.35. The Morgan fingerprint density at radius 2 is 2.05 bits per heavy atom. The number of carbonyl (C=O) groups is 1. The third-order valence-corrected chi connectivity index (χ3v) is 5.22. The number of anilines is 1. The topological polar surface area (TPSA) is 98.5 Å². The number of hydrogen-bond acceptors (Lipinski definition) is 5. The van der Waals surface area contributed by atoms with E-state index in [4.69, 9.17) is 5.73 Å². The number of hydrogen-bond donors (Lipinski definition) is 2. The van der Waals surface area contributed by atoms with Gasteiger partial charge in [0.25, 0.3) is 0 Å². The van der Waals surface area contributed by atoms with E-state index in [9.17, 15) is 13.2 Å². The van der Waals surface area contributed by atoms with Crippen molar-refractivity contribution in [2.45, 2.75) is 36.6 Å². The molecule has 20 heavy (non-hydrogen) atoms. The van der Waals surface area contributed by atoms with E-state index in [-0.39, 0.29) is 16.1 Å². The Kier molecular flexibility index (Phi) is 3.75. The summed E-state index contributed by atoms with van der Waals surface area (Å²) in [5, 5.41) is 0. The molecule has 7 heteroatoms. The molecular formula is C13H18N2O4S. The van der Waals surface area contributed by atoms with Gasteiger partial charge in [-0.1, -0.05) is 0 Å². The Bertz CT molecular complexity index is 636. The number of nitrogens with one attached hydrogen (secondary N) is 1. The van der Waals surface area contributed by atoms with Crippen LogP contribution in [0.4, 0.5) is 5.69 Å². The van der Waals surface area contributed by atoms with Gasteiger partial charge in [-0.2, -0.15) is 0 Å². The Morgan fingerprint density at radius 1 is 1.40 bits per heavy atom. The number of esters is 1. The first-order chi connectivity index (χ1) is 9.27. The molecule has 0 heterocycles. The van der Waals surface area contributed by atoms with Crippen LogP contribution < -0.4 is 10.5 Å². The summed E-state index contributed by atoms with van der Waals surface area (Å²) in [6, 6.07) is 4.10. The van der Waals surface area contributed by atoms with Gasteiger partial charge < -0.3 is 10.5 Å². The number of ether oxygens (including phenoxy) is 1. The number of sulfonamides is 1. The molecule has 0 aromatic heterocycles. The van der Waals surface area contributed by atoms with Gasteiger partial charge in [-0.05, 0) is 44.4 Å². The van der Waals surface area contributed by atoms with Crippen molar-refractivity contribution in [3.8, 4) is 0 Å². The summed E-state index contributed by atoms with van der Waals surface area (Å²) < 4.78 is 32.2. The highest BCUT2D eigenvalue weighted by molar-refractivity contribution is 7.89. The lowest BCUT2D eigenvalue weighted by molar-refractivity contribution is 0.0596. The zero-order valence-corrected chi connectivity index (χ0v) is 12.3. The van der Waals surface area contributed by atoms with E-state index < -0.39 is 21.5 Å². The molecule has 6 nitrogen and oxygen atoms in total. The van der Waals surface area contributed by atoms with Crippen LogP contribution in [0.2, 0.25) is 0 Å². The highest BCUT2D eigenvalue weighted by atomic mass is 32.2. The minimum absolute atomic E-state index is 0.0166. The second-order valence-corrected chi connectivity index (χ2v) is 6.92. The molecule has 0 bridgehead atoms. The number of benzene rings is 1. The molecule has 0 amide bonds. The predicted octanol–water partition coefficient (Wildman–Crippen LogP) is 1.28. The van der Waals surface area contributed by atoms with Crippen molar-refractivity contribution in [1.29, 1.82) is 0 Å². The van der Waals surface area contributed by atoms with Crippen molar-refractivity contribution in [2.75, 3.05) is 12.8 Å². The smallest absolute Gasteiger partial charge is 0.339 e. The Morgan fingerprint density at radius 3 is 2.55 bits per heavy atom. The van der Waals surface area contributed by atoms with Crippen molar-refractivity contribution in [3.05, 3.63) is 23.8 Å². The van der Waals surface area contributed by atoms with Crippen LogP contribution in [0.5, 0.6) is 0 Å². The van der Waals surface area contributed by atoms with E-state index in [0.29, 0.717) is 0 Å². The van der Waals surface area contributed by atoms with E-state index in [0.717, 1.165) is 19.3 Å². The van der Waals surface area contributed by atoms with Crippen LogP contribution in [0, 0.1) is 0 Å². The minimum Gasteiger partial charge on any atom is -0.465 e. The van der Waals surface area contributed by atoms with E-state index in [1.54, 1.807) is 0 Å². The van der Waals surface area contributed by atoms with Crippen LogP contribution in [0.15, 0.2) is 23.1 Å². The van der Waals surface area contributed by atoms with Gasteiger partial charge in [-0.25, -0.2) is 17.9 Å². The van der Waals surface area contributed by atoms with Crippen molar-refractivity contribution < 1.29 is 17.9 Å². The Hall–Kier alpha value is -1.60. The average molecular weight is 298 g/mol. The van der Waals surface area contributed by atoms with Crippen molar-refractivity contribution in [2.24, 2.45) is 0 Å². The van der Waals surface area contributed by atoms with Crippen LogP contribution >= 0.6 is 0 Å². The third kappa shape index (κ3) is 2.78. The number of carbonyl (C=O) groups excluding carboxylic acids is 1. The summed E-state index contributed by atoms with van der Waals surface area (Å²) in [6.45, 7) is 1.85. The van der Waals surface area contributed by atoms with Crippen LogP contribution in [0.3, 0.4) is 0 Å². The lowest BCUT2D eigenvalue weighted by Gasteiger charge is -2.38. The minimum atomic E-state index is -3.82. The molecule has 110 valence electrons. The molecule has 1 aromatic rings. The van der Waals surface area contributed by atoms with E-state index in [2.05, 4.69) is 9.46 Å². The summed E-state index contributed by atoms with van der Waals surface area (Å²) in [5.74, 6) is -0.705. The molecule has 0 saturated heterocycles. The van der Waals surface area contributed by atoms with Gasteiger partial charge in [0.1, 0.15) is 0 Å². The monoisotopic (exact) mass is 298 g/mol. The standard InChI is InChI=1S/C13H18N2O4S/c1-13(6-3-7-13)15-20(17,18)11-8-9(14)4-5-10(11)12(16)19-2/h4-5,8,15H,3,6-7,14H2,1-2H3. The first kappa shape index (κ1) is 14.8. The quantitative estimate of drug-likeness (QED) is 0.644. The summed E-state index contributed by atoms with van der Waals surface area (Å²) in [5.41, 5.74) is 5.44. The van der Waals surface area contributed by atoms with E-state index in [1.165, 1.54) is 25.3 Å². The fraction of sp³-hybridized carbons (Fsp3) is 0.462. The number of nitrogen functional groups attached to an aromatic ring is 1. The van der Waals surface area contributed by atoms with Gasteiger partial charge in [0.05, 0.1) is 17.6 Å². The molecule has 1 saturated carbocycles. The maximum Gasteiger partial charge on any atom is 0.339 e. The Labute approximate surface area is 118 Å². The zero-order chi connectivity index (χ0) is 15.0. The Balaban J connectivity index is 2.44. The fourth-order valence-corrected chi connectivity index (χ4v) is 3.92. The molecular weight excluding hydrogens is 280 g/mol. The molecule has 0 aliphatic heterocycles. The molecule has 0 atom stereocenters. The second kappa shape index (κ2) is 5.06. The molecule has 0 radical (unpaired) electrons. The molecule has 3 N–H and O–H groups in total. The lowest BCUT2D eigenvalue weighted by Crippen LogP contribution is -2.50. The molecule has 1 aliphatic carbocycles. The predicted molar refractivity (Wildman–Crippen MR) is 74.8 cm³/mol. The van der Waals surface area contributed by atoms with Crippen LogP contribution in [-0.2, 0) is 14.8 Å². The summed E-state index contributed by atoms with van der Waals surface area (Å²) in [6.07, 6.45) is 2.55. The SMILES string of the molecule is COC(=O)c1ccc(N)cc1S(=O)(=O)NC1(C)CCC1. The molecule has 2 rings (SSSR count). The summed E-state index contributed by atoms with van der Waals surface area (Å²) in [7, 11) is -2.61. The van der Waals surface area contributed by atoms with Gasteiger partial charge in [-0.3, -0.25) is 0 Å². The number of methoxy groups -OCH3 is 1. The van der Waals surface area contributed by atoms with Gasteiger partial charge >= 0.3 is 5.97 Å². The van der Waals surface area contributed by atoms with Gasteiger partial charge in [0.15, 0.2) is 0 Å². The highest BCUT2D eigenvalue weighted by Crippen LogP contribution is 2.33. The molecule has 1 aliphatic rings. The van der Waals surface area contributed by atoms with Crippen molar-refractivity contribution >= 4 is 21.7 Å². The second-order valence-electron chi connectivity index (χ2n) is 5.27. The maximum atomic E-state index is 12.5. The van der Waals surface area contributed by atoms with Gasteiger partial charge in [0.2, 0.25) is 10.0 Å². The highest BCUT2D eigenvalue weighted by Gasteiger charge is 2.37. The maximum absolute atomic E-state index is 12.5. The van der Waals surface area contributed by atoms with Gasteiger partial charge in [-0.15, -0.1) is 0 Å². The zero-order valence-electron chi connectivity index (χ0n) is 11.5. The summed E-state index contributed by atoms with van der Waals surface area (Å²) >= 11 is 0. The van der Waals surface area contributed by atoms with Crippen LogP contribution in [0.1, 0.15) is 36.5 Å². The van der Waals surface area contributed by atoms with E-state index >= 15 is 0 Å². The lowest BCUT2D eigenvalue weighted by atomic mass is 9.80. The molecule has 1 aromatic carbocycles. The fourth-order valence-electron chi connectivity index (χ4n) is 2.23. The third-order valence-electron chi connectivity index (χ3n) is 3.54. The molecule has 0 unspecified atom stereocenters. The first-order valence-corrected chi connectivity index (χ1v) is 7.78. The molecule has 0 spiro atoms. The largest absolute Gasteiger partial charge is 0.465 e. The van der Waals surface area contributed by atoms with Crippen LogP contribution in [0.25, 0.3) is 0 Å². The first-order valence-electron chi connectivity index (χ1n) is 6.29. The summed E-state index contributed by atoms with van der Waals surface area (Å²) in [4.78, 5) is 11.5. The molecule has 1 fully saturated rings. The van der Waals surface area contributed by atoms with E-state index in [1.807, 2.05) is 6.92 Å². The number of rotatable bonds is 4. The van der Waals surface area contributed by atoms with Crippen molar-refractivity contribution in [3.63, 3.8) is 0 Å². The normalized spacial score (nSPS) is 17.3. The number of nitrogens with two attached hydrogens (primary N) is 1.